The monoisotopic (exact) mass is 277 g/mol. The van der Waals surface area contributed by atoms with Crippen LogP contribution in [0.3, 0.4) is 0 Å². The maximum atomic E-state index is 12.4. The Hall–Kier alpha value is -0.750. The first-order chi connectivity index (χ1) is 8.47. The lowest BCUT2D eigenvalue weighted by molar-refractivity contribution is -0.137. The van der Waals surface area contributed by atoms with E-state index in [1.165, 1.54) is 17.8 Å². The summed E-state index contributed by atoms with van der Waals surface area (Å²) in [5.41, 5.74) is -0.740. The first-order valence-corrected chi connectivity index (χ1v) is 6.73. The molecule has 1 heterocycles. The summed E-state index contributed by atoms with van der Waals surface area (Å²) in [4.78, 5) is 3.81. The molecule has 0 saturated heterocycles. The number of thioether (sulfide) groups is 1. The Labute approximate surface area is 108 Å². The minimum Gasteiger partial charge on any atom is -0.392 e. The van der Waals surface area contributed by atoms with E-state index in [0.29, 0.717) is 5.03 Å². The van der Waals surface area contributed by atoms with Crippen LogP contribution in [0, 0.1) is 0 Å². The summed E-state index contributed by atoms with van der Waals surface area (Å²) in [5, 5.41) is 10.4. The molecule has 0 bridgehead atoms. The Morgan fingerprint density at radius 2 is 1.94 bits per heavy atom. The van der Waals surface area contributed by atoms with Gasteiger partial charge in [0.05, 0.1) is 16.7 Å². The lowest BCUT2D eigenvalue weighted by Crippen LogP contribution is -2.26. The molecule has 2 nitrogen and oxygen atoms in total. The van der Waals surface area contributed by atoms with Crippen molar-refractivity contribution in [3.8, 4) is 0 Å². The molecule has 1 aliphatic carbocycles. The maximum Gasteiger partial charge on any atom is 0.417 e. The zero-order valence-corrected chi connectivity index (χ0v) is 10.5. The molecule has 1 saturated carbocycles. The summed E-state index contributed by atoms with van der Waals surface area (Å²) in [6.07, 6.45) is -0.174. The van der Waals surface area contributed by atoms with Gasteiger partial charge in [-0.15, -0.1) is 11.8 Å². The van der Waals surface area contributed by atoms with Gasteiger partial charge in [-0.05, 0) is 25.0 Å². The topological polar surface area (TPSA) is 33.1 Å². The number of aliphatic hydroxyl groups excluding tert-OH is 1. The minimum atomic E-state index is -4.35. The van der Waals surface area contributed by atoms with Gasteiger partial charge in [-0.1, -0.05) is 12.8 Å². The van der Waals surface area contributed by atoms with Crippen molar-refractivity contribution in [3.05, 3.63) is 23.9 Å². The molecule has 0 spiro atoms. The molecule has 0 aromatic carbocycles. The fraction of sp³-hybridized carbons (Fsp3) is 0.583. The molecule has 1 N–H and O–H groups in total. The lowest BCUT2D eigenvalue weighted by atomic mass is 9.97. The van der Waals surface area contributed by atoms with Crippen LogP contribution in [0.1, 0.15) is 31.2 Å². The largest absolute Gasteiger partial charge is 0.417 e. The maximum absolute atomic E-state index is 12.4. The van der Waals surface area contributed by atoms with Gasteiger partial charge in [-0.3, -0.25) is 0 Å². The number of aliphatic hydroxyl groups is 1. The molecule has 0 aliphatic heterocycles. The number of aromatic nitrogens is 1. The first-order valence-electron chi connectivity index (χ1n) is 5.85. The van der Waals surface area contributed by atoms with Gasteiger partial charge >= 0.3 is 6.18 Å². The summed E-state index contributed by atoms with van der Waals surface area (Å²) >= 11 is 1.36. The van der Waals surface area contributed by atoms with E-state index in [1.807, 2.05) is 0 Å². The van der Waals surface area contributed by atoms with E-state index in [9.17, 15) is 18.3 Å². The van der Waals surface area contributed by atoms with Crippen molar-refractivity contribution >= 4 is 11.8 Å². The fourth-order valence-corrected chi connectivity index (χ4v) is 3.14. The van der Waals surface area contributed by atoms with E-state index in [0.717, 1.165) is 37.9 Å². The van der Waals surface area contributed by atoms with E-state index in [-0.39, 0.29) is 11.4 Å². The summed E-state index contributed by atoms with van der Waals surface area (Å²) in [5.74, 6) is 0. The molecular weight excluding hydrogens is 263 g/mol. The summed E-state index contributed by atoms with van der Waals surface area (Å²) in [6.45, 7) is 0. The van der Waals surface area contributed by atoms with Crippen LogP contribution in [-0.2, 0) is 6.18 Å². The predicted molar refractivity (Wildman–Crippen MR) is 63.4 cm³/mol. The zero-order chi connectivity index (χ0) is 13.2. The van der Waals surface area contributed by atoms with Crippen LogP contribution >= 0.6 is 11.8 Å². The highest BCUT2D eigenvalue weighted by atomic mass is 32.2. The third-order valence-electron chi connectivity index (χ3n) is 3.00. The molecule has 1 aromatic rings. The van der Waals surface area contributed by atoms with Gasteiger partial charge in [0, 0.05) is 11.4 Å². The number of alkyl halides is 3. The third-order valence-corrected chi connectivity index (χ3v) is 4.34. The molecule has 1 aliphatic rings. The van der Waals surface area contributed by atoms with Crippen LogP contribution in [0.25, 0.3) is 0 Å². The molecule has 6 heteroatoms. The number of hydrogen-bond donors (Lipinski definition) is 1. The molecule has 0 unspecified atom stereocenters. The molecule has 1 fully saturated rings. The highest BCUT2D eigenvalue weighted by molar-refractivity contribution is 7.99. The number of nitrogens with zero attached hydrogens (tertiary/aromatic N) is 1. The van der Waals surface area contributed by atoms with Gasteiger partial charge < -0.3 is 5.11 Å². The predicted octanol–water partition coefficient (Wildman–Crippen LogP) is 3.50. The van der Waals surface area contributed by atoms with Crippen LogP contribution in [0.4, 0.5) is 13.2 Å². The van der Waals surface area contributed by atoms with Crippen LogP contribution in [0.2, 0.25) is 0 Å². The van der Waals surface area contributed by atoms with Gasteiger partial charge in [0.15, 0.2) is 0 Å². The Kier molecular flexibility index (Phi) is 4.17. The van der Waals surface area contributed by atoms with Crippen LogP contribution in [0.5, 0.6) is 0 Å². The SMILES string of the molecule is O[C@@H]1CCCC[C@H]1Sc1ccc(C(F)(F)F)cn1. The van der Waals surface area contributed by atoms with E-state index in [4.69, 9.17) is 0 Å². The highest BCUT2D eigenvalue weighted by Crippen LogP contribution is 2.34. The number of rotatable bonds is 2. The molecule has 0 radical (unpaired) electrons. The second kappa shape index (κ2) is 5.48. The molecule has 2 atom stereocenters. The summed E-state index contributed by atoms with van der Waals surface area (Å²) in [7, 11) is 0. The zero-order valence-electron chi connectivity index (χ0n) is 9.65. The van der Waals surface area contributed by atoms with Crippen LogP contribution in [0.15, 0.2) is 23.4 Å². The molecule has 18 heavy (non-hydrogen) atoms. The molecule has 0 amide bonds. The van der Waals surface area contributed by atoms with E-state index >= 15 is 0 Å². The van der Waals surface area contributed by atoms with Gasteiger partial charge in [-0.25, -0.2) is 4.98 Å². The van der Waals surface area contributed by atoms with E-state index < -0.39 is 11.7 Å². The van der Waals surface area contributed by atoms with Crippen LogP contribution < -0.4 is 0 Å². The van der Waals surface area contributed by atoms with Crippen molar-refractivity contribution < 1.29 is 18.3 Å². The molecule has 2 rings (SSSR count). The van der Waals surface area contributed by atoms with Gasteiger partial charge in [0.1, 0.15) is 0 Å². The van der Waals surface area contributed by atoms with Crippen LogP contribution in [-0.4, -0.2) is 21.4 Å². The average molecular weight is 277 g/mol. The second-order valence-electron chi connectivity index (χ2n) is 4.39. The Morgan fingerprint density at radius 1 is 1.22 bits per heavy atom. The lowest BCUT2D eigenvalue weighted by Gasteiger charge is -2.26. The number of halogens is 3. The number of hydrogen-bond acceptors (Lipinski definition) is 3. The van der Waals surface area contributed by atoms with E-state index in [1.54, 1.807) is 0 Å². The summed E-state index contributed by atoms with van der Waals surface area (Å²) in [6, 6.07) is 2.40. The van der Waals surface area contributed by atoms with Crippen molar-refractivity contribution in [2.24, 2.45) is 0 Å². The van der Waals surface area contributed by atoms with E-state index in [2.05, 4.69) is 4.98 Å². The summed E-state index contributed by atoms with van der Waals surface area (Å²) < 4.78 is 37.1. The quantitative estimate of drug-likeness (QED) is 0.898. The fourth-order valence-electron chi connectivity index (χ4n) is 1.99. The second-order valence-corrected chi connectivity index (χ2v) is 5.65. The van der Waals surface area contributed by atoms with Crippen molar-refractivity contribution in [2.75, 3.05) is 0 Å². The standard InChI is InChI=1S/C12H14F3NOS/c13-12(14,15)8-5-6-11(16-7-8)18-10-4-2-1-3-9(10)17/h5-7,9-10,17H,1-4H2/t9-,10-/m1/s1. The Bertz CT molecular complexity index is 393. The van der Waals surface area contributed by atoms with Crippen molar-refractivity contribution in [2.45, 2.75) is 48.2 Å². The van der Waals surface area contributed by atoms with Gasteiger partial charge in [0.25, 0.3) is 0 Å². The molecule has 100 valence electrons. The first kappa shape index (κ1) is 13.7. The number of pyridine rings is 1. The molecule has 1 aromatic heterocycles. The average Bonchev–Trinajstić information content (AvgIpc) is 2.32. The molecular formula is C12H14F3NOS. The Balaban J connectivity index is 2.02. The normalized spacial score (nSPS) is 25.1. The minimum absolute atomic E-state index is 0.0444. The third kappa shape index (κ3) is 3.38. The highest BCUT2D eigenvalue weighted by Gasteiger charge is 2.31. The van der Waals surface area contributed by atoms with Crippen molar-refractivity contribution in [3.63, 3.8) is 0 Å². The van der Waals surface area contributed by atoms with Gasteiger partial charge in [-0.2, -0.15) is 13.2 Å². The van der Waals surface area contributed by atoms with Gasteiger partial charge in [0.2, 0.25) is 0 Å². The van der Waals surface area contributed by atoms with Crippen molar-refractivity contribution in [1.29, 1.82) is 0 Å². The Morgan fingerprint density at radius 3 is 2.50 bits per heavy atom. The van der Waals surface area contributed by atoms with Crippen molar-refractivity contribution in [1.82, 2.24) is 4.98 Å². The smallest absolute Gasteiger partial charge is 0.392 e.